The number of aromatic nitrogens is 2. The lowest BCUT2D eigenvalue weighted by Gasteiger charge is -2.60. The van der Waals surface area contributed by atoms with Crippen LogP contribution in [-0.2, 0) is 22.3 Å². The van der Waals surface area contributed by atoms with Gasteiger partial charge in [0.05, 0.1) is 24.3 Å². The van der Waals surface area contributed by atoms with Gasteiger partial charge in [0.25, 0.3) is 5.91 Å². The zero-order valence-corrected chi connectivity index (χ0v) is 24.6. The summed E-state index contributed by atoms with van der Waals surface area (Å²) < 4.78 is 79.8. The zero-order chi connectivity index (χ0) is 35.6. The van der Waals surface area contributed by atoms with Gasteiger partial charge in [-0.2, -0.15) is 18.2 Å². The van der Waals surface area contributed by atoms with E-state index >= 15 is 4.39 Å². The Morgan fingerprint density at radius 1 is 0.979 bits per heavy atom. The van der Waals surface area contributed by atoms with Crippen molar-refractivity contribution in [3.8, 4) is 11.1 Å². The molecule has 6 rings (SSSR count). The average Bonchev–Trinajstić information content (AvgIpc) is 3.13. The number of rotatable bonds is 3. The molecule has 3 aromatic rings. The monoisotopic (exact) mass is 706 g/mol. The summed E-state index contributed by atoms with van der Waals surface area (Å²) in [6.45, 7) is 2.62. The Labute approximate surface area is 267 Å². The van der Waals surface area contributed by atoms with Gasteiger partial charge in [0.15, 0.2) is 5.82 Å². The highest BCUT2D eigenvalue weighted by Gasteiger charge is 2.79. The molecule has 4 heterocycles. The number of halogens is 5. The van der Waals surface area contributed by atoms with Crippen molar-refractivity contribution in [3.63, 3.8) is 0 Å². The number of piperazine rings is 1. The first-order valence-electron chi connectivity index (χ1n) is 13.4. The number of carbonyl (C=O) groups is 1. The van der Waals surface area contributed by atoms with Crippen molar-refractivity contribution in [1.29, 1.82) is 0 Å². The summed E-state index contributed by atoms with van der Waals surface area (Å²) in [6.07, 6.45) is -5.26. The minimum absolute atomic E-state index is 0.00277. The average molecular weight is 707 g/mol. The molecule has 15 nitrogen and oxygen atoms in total. The largest absolute Gasteiger partial charge is 0.417 e. The van der Waals surface area contributed by atoms with Crippen LogP contribution in [0.4, 0.5) is 27.8 Å². The van der Waals surface area contributed by atoms with Gasteiger partial charge in [0.1, 0.15) is 11.6 Å². The smallest absolute Gasteiger partial charge is 0.380 e. The van der Waals surface area contributed by atoms with Crippen molar-refractivity contribution in [2.24, 2.45) is 5.41 Å². The second-order valence-electron chi connectivity index (χ2n) is 11.5. The second-order valence-corrected chi connectivity index (χ2v) is 12.5. The minimum Gasteiger partial charge on any atom is -0.380 e. The number of amides is 1. The van der Waals surface area contributed by atoms with E-state index in [0.717, 1.165) is 4.57 Å². The number of nitrogens with zero attached hydrogens (tertiary/aromatic N) is 4. The van der Waals surface area contributed by atoms with Gasteiger partial charge in [-0.05, 0) is 24.3 Å². The van der Waals surface area contributed by atoms with Gasteiger partial charge in [0, 0.05) is 45.2 Å². The fourth-order valence-electron chi connectivity index (χ4n) is 5.93. The molecule has 3 aliphatic rings. The molecule has 3 aliphatic heterocycles. The molecule has 21 heteroatoms. The molecule has 2 fully saturated rings. The van der Waals surface area contributed by atoms with E-state index < -0.39 is 107 Å². The van der Waals surface area contributed by atoms with E-state index in [1.165, 1.54) is 0 Å². The molecule has 2 saturated heterocycles. The maximum Gasteiger partial charge on any atom is 0.417 e. The lowest BCUT2D eigenvalue weighted by Crippen LogP contribution is -2.91. The Morgan fingerprint density at radius 3 is 2.08 bits per heavy atom. The number of alkyl halides is 3. The molecule has 1 spiro atoms. The van der Waals surface area contributed by atoms with Crippen LogP contribution in [0.5, 0.6) is 0 Å². The lowest BCUT2D eigenvalue weighted by atomic mass is 9.88. The number of carbonyl (C=O) groups excluding carboxylic acids is 1. The van der Waals surface area contributed by atoms with E-state index in [4.69, 9.17) is 4.74 Å². The molecule has 0 radical (unpaired) electrons. The molecule has 258 valence electrons. The third-order valence-corrected chi connectivity index (χ3v) is 9.73. The van der Waals surface area contributed by atoms with Crippen LogP contribution in [0.3, 0.4) is 0 Å². The maximum absolute atomic E-state index is 15.2. The molecule has 0 unspecified atom stereocenters. The molecule has 1 amide bonds. The van der Waals surface area contributed by atoms with Crippen molar-refractivity contribution in [2.45, 2.75) is 41.3 Å². The Bertz CT molecular complexity index is 1930. The van der Waals surface area contributed by atoms with Gasteiger partial charge in [-0.25, -0.2) is 23.4 Å². The number of ether oxygens (including phenoxy) is 1. The summed E-state index contributed by atoms with van der Waals surface area (Å²) in [5.41, 5.74) is -6.34. The van der Waals surface area contributed by atoms with Crippen molar-refractivity contribution in [1.82, 2.24) is 14.5 Å². The van der Waals surface area contributed by atoms with Crippen LogP contribution in [0.15, 0.2) is 46.6 Å². The van der Waals surface area contributed by atoms with Crippen LogP contribution in [0.1, 0.15) is 5.56 Å². The summed E-state index contributed by atoms with van der Waals surface area (Å²) >= 11 is 0.662. The minimum atomic E-state index is -5.42. The molecule has 8 N–H and O–H groups in total. The standard InChI is InChI=1S/C27H23F5N4O11S/c1-2-16(37)35-24(39,40)26(43,44)36(27(45,46)25(35,41)42)20-13-6-14(23(30,31)32)17(12-4-3-11(28)5-15(12)29)19-18(13)34(21(38)33-20)7-22(10-48-19)8-47-9-22/h2-6,39-46H,1,7-10H2. The number of aliphatic hydroxyl groups is 8. The molecule has 0 saturated carbocycles. The van der Waals surface area contributed by atoms with Gasteiger partial charge in [0.2, 0.25) is 0 Å². The molecule has 0 atom stereocenters. The molecule has 0 bridgehead atoms. The van der Waals surface area contributed by atoms with Gasteiger partial charge in [-0.3, -0.25) is 9.36 Å². The SMILES string of the molecule is C=CC(=O)N1C(O)(O)C(O)(O)N(c2nc(=O)n3c4c(c(-c5ccc(F)cc5F)c(C(F)(F)F)cc24)SCC2(COC2)C3)C(O)(O)C1(O)O. The molecular formula is C27H23F5N4O11S. The Hall–Kier alpha value is -3.77. The van der Waals surface area contributed by atoms with Crippen LogP contribution < -0.4 is 10.6 Å². The van der Waals surface area contributed by atoms with E-state index in [1.807, 2.05) is 0 Å². The summed E-state index contributed by atoms with van der Waals surface area (Å²) in [7, 11) is 0. The highest BCUT2D eigenvalue weighted by atomic mass is 32.2. The second kappa shape index (κ2) is 10.4. The fraction of sp³-hybridized carbons (Fsp3) is 0.370. The third-order valence-electron chi connectivity index (χ3n) is 8.29. The van der Waals surface area contributed by atoms with Crippen molar-refractivity contribution in [3.05, 3.63) is 64.6 Å². The van der Waals surface area contributed by atoms with Crippen LogP contribution >= 0.6 is 11.8 Å². The summed E-state index contributed by atoms with van der Waals surface area (Å²) in [5, 5.41) is 85.8. The predicted octanol–water partition coefficient (Wildman–Crippen LogP) is -1.13. The first kappa shape index (κ1) is 34.1. The first-order chi connectivity index (χ1) is 22.0. The number of thioether (sulfide) groups is 1. The lowest BCUT2D eigenvalue weighted by molar-refractivity contribution is -0.535. The predicted molar refractivity (Wildman–Crippen MR) is 149 cm³/mol. The topological polar surface area (TPSA) is 230 Å². The van der Waals surface area contributed by atoms with E-state index in [-0.39, 0.29) is 37.7 Å². The van der Waals surface area contributed by atoms with Crippen LogP contribution in [0.2, 0.25) is 0 Å². The van der Waals surface area contributed by atoms with Crippen LogP contribution in [0, 0.1) is 17.0 Å². The number of hydrogen-bond donors (Lipinski definition) is 8. The molecular weight excluding hydrogens is 683 g/mol. The van der Waals surface area contributed by atoms with E-state index in [0.29, 0.717) is 30.0 Å². The molecule has 1 aromatic heterocycles. The third kappa shape index (κ3) is 4.51. The number of hydrogen-bond acceptors (Lipinski definition) is 14. The first-order valence-corrected chi connectivity index (χ1v) is 14.4. The van der Waals surface area contributed by atoms with E-state index in [1.54, 1.807) is 0 Å². The van der Waals surface area contributed by atoms with Crippen molar-refractivity contribution < 1.29 is 72.3 Å². The Morgan fingerprint density at radius 2 is 1.58 bits per heavy atom. The van der Waals surface area contributed by atoms with Crippen LogP contribution in [0.25, 0.3) is 22.0 Å². The Kier molecular flexibility index (Phi) is 7.37. The molecule has 2 aromatic carbocycles. The van der Waals surface area contributed by atoms with Crippen molar-refractivity contribution >= 4 is 34.4 Å². The van der Waals surface area contributed by atoms with Crippen LogP contribution in [-0.4, -0.2) is 104 Å². The van der Waals surface area contributed by atoms with Gasteiger partial charge in [-0.1, -0.05) is 6.58 Å². The van der Waals surface area contributed by atoms with E-state index in [9.17, 15) is 68.0 Å². The summed E-state index contributed by atoms with van der Waals surface area (Å²) in [5.74, 6) is -25.0. The summed E-state index contributed by atoms with van der Waals surface area (Å²) in [6, 6.07) is 1.87. The highest BCUT2D eigenvalue weighted by molar-refractivity contribution is 7.99. The van der Waals surface area contributed by atoms with Gasteiger partial charge in [-0.15, -0.1) is 11.8 Å². The number of anilines is 1. The summed E-state index contributed by atoms with van der Waals surface area (Å²) in [4.78, 5) is 27.1. The molecule has 0 aliphatic carbocycles. The maximum atomic E-state index is 15.2. The molecule has 48 heavy (non-hydrogen) atoms. The normalized spacial score (nSPS) is 21.9. The number of benzene rings is 2. The fourth-order valence-corrected chi connectivity index (χ4v) is 7.36. The highest BCUT2D eigenvalue weighted by Crippen LogP contribution is 2.53. The van der Waals surface area contributed by atoms with Crippen molar-refractivity contribution in [2.75, 3.05) is 23.9 Å². The zero-order valence-electron chi connectivity index (χ0n) is 23.8. The Balaban J connectivity index is 1.78. The quantitative estimate of drug-likeness (QED) is 0.0917. The van der Waals surface area contributed by atoms with Gasteiger partial charge >= 0.3 is 35.5 Å². The van der Waals surface area contributed by atoms with Gasteiger partial charge < -0.3 is 45.6 Å². The van der Waals surface area contributed by atoms with E-state index in [2.05, 4.69) is 11.6 Å².